The normalized spacial score (nSPS) is 17.2. The van der Waals surface area contributed by atoms with Crippen molar-refractivity contribution in [3.63, 3.8) is 0 Å². The summed E-state index contributed by atoms with van der Waals surface area (Å²) in [4.78, 5) is 27.0. The number of carbonyl (C=O) groups is 2. The van der Waals surface area contributed by atoms with Gasteiger partial charge >= 0.3 is 0 Å². The topological polar surface area (TPSA) is 62.6 Å². The molecular weight excluding hydrogens is 340 g/mol. The standard InChI is InChI=1S/C22H28N2O3/c1-14(2)18-8-5-9-19(15(3)4)21(18)23-22(26)16-11-20(25)24(12-16)13-17-7-6-10-27-17/h5-10,14-16H,11-13H2,1-4H3,(H,23,26)/t16-/m1/s1. The maximum atomic E-state index is 12.9. The average Bonchev–Trinajstić information content (AvgIpc) is 3.25. The lowest BCUT2D eigenvalue weighted by Gasteiger charge is -2.21. The van der Waals surface area contributed by atoms with Gasteiger partial charge in [0.2, 0.25) is 11.8 Å². The van der Waals surface area contributed by atoms with E-state index in [-0.39, 0.29) is 24.2 Å². The van der Waals surface area contributed by atoms with Gasteiger partial charge in [0.05, 0.1) is 18.7 Å². The van der Waals surface area contributed by atoms with Gasteiger partial charge < -0.3 is 14.6 Å². The second-order valence-electron chi connectivity index (χ2n) is 7.86. The van der Waals surface area contributed by atoms with E-state index in [1.165, 1.54) is 0 Å². The first-order valence-corrected chi connectivity index (χ1v) is 9.60. The molecule has 2 amide bonds. The maximum absolute atomic E-state index is 12.9. The molecule has 3 rings (SSSR count). The molecule has 0 aliphatic carbocycles. The maximum Gasteiger partial charge on any atom is 0.229 e. The van der Waals surface area contributed by atoms with Crippen LogP contribution in [-0.4, -0.2) is 23.3 Å². The van der Waals surface area contributed by atoms with Crippen molar-refractivity contribution in [2.24, 2.45) is 5.92 Å². The Labute approximate surface area is 160 Å². The molecule has 5 heteroatoms. The molecule has 0 unspecified atom stereocenters. The lowest BCUT2D eigenvalue weighted by Crippen LogP contribution is -2.28. The Bertz CT molecular complexity index is 783. The van der Waals surface area contributed by atoms with Crippen molar-refractivity contribution < 1.29 is 14.0 Å². The lowest BCUT2D eigenvalue weighted by molar-refractivity contribution is -0.128. The van der Waals surface area contributed by atoms with Gasteiger partial charge in [-0.05, 0) is 35.1 Å². The number of amides is 2. The molecule has 1 fully saturated rings. The molecule has 1 atom stereocenters. The number of hydrogen-bond acceptors (Lipinski definition) is 3. The summed E-state index contributed by atoms with van der Waals surface area (Å²) in [5.41, 5.74) is 3.17. The third-order valence-electron chi connectivity index (χ3n) is 5.13. The van der Waals surface area contributed by atoms with Crippen LogP contribution in [0.3, 0.4) is 0 Å². The lowest BCUT2D eigenvalue weighted by atomic mass is 9.92. The minimum atomic E-state index is -0.340. The quantitative estimate of drug-likeness (QED) is 0.816. The van der Waals surface area contributed by atoms with Crippen molar-refractivity contribution in [1.29, 1.82) is 0 Å². The number of benzene rings is 1. The third kappa shape index (κ3) is 4.24. The van der Waals surface area contributed by atoms with Gasteiger partial charge in [0.25, 0.3) is 0 Å². The zero-order chi connectivity index (χ0) is 19.6. The number of hydrogen-bond donors (Lipinski definition) is 1. The summed E-state index contributed by atoms with van der Waals surface area (Å²) in [5, 5.41) is 3.14. The molecule has 1 aromatic carbocycles. The Morgan fingerprint density at radius 2 is 1.81 bits per heavy atom. The molecule has 1 saturated heterocycles. The number of furan rings is 1. The molecule has 1 aliphatic heterocycles. The summed E-state index contributed by atoms with van der Waals surface area (Å²) in [6.07, 6.45) is 1.84. The smallest absolute Gasteiger partial charge is 0.229 e. The van der Waals surface area contributed by atoms with E-state index in [0.717, 1.165) is 22.6 Å². The number of anilines is 1. The highest BCUT2D eigenvalue weighted by Crippen LogP contribution is 2.33. The van der Waals surface area contributed by atoms with Crippen LogP contribution in [0.1, 0.15) is 62.8 Å². The summed E-state index contributed by atoms with van der Waals surface area (Å²) in [6, 6.07) is 9.82. The number of carbonyl (C=O) groups excluding carboxylic acids is 2. The predicted octanol–water partition coefficient (Wildman–Crippen LogP) is 4.51. The summed E-state index contributed by atoms with van der Waals surface area (Å²) in [5.74, 6) is 0.914. The highest BCUT2D eigenvalue weighted by molar-refractivity contribution is 5.98. The fourth-order valence-corrected chi connectivity index (χ4v) is 3.61. The molecule has 2 aromatic rings. The highest BCUT2D eigenvalue weighted by Gasteiger charge is 2.35. The molecular formula is C22H28N2O3. The minimum Gasteiger partial charge on any atom is -0.467 e. The number of rotatable bonds is 6. The second kappa shape index (κ2) is 7.99. The Hall–Kier alpha value is -2.56. The fraction of sp³-hybridized carbons (Fsp3) is 0.455. The zero-order valence-corrected chi connectivity index (χ0v) is 16.5. The van der Waals surface area contributed by atoms with E-state index < -0.39 is 0 Å². The highest BCUT2D eigenvalue weighted by atomic mass is 16.3. The molecule has 1 aromatic heterocycles. The average molecular weight is 368 g/mol. The van der Waals surface area contributed by atoms with Crippen molar-refractivity contribution >= 4 is 17.5 Å². The van der Waals surface area contributed by atoms with Crippen LogP contribution in [0.4, 0.5) is 5.69 Å². The van der Waals surface area contributed by atoms with Crippen LogP contribution in [0, 0.1) is 5.92 Å². The Morgan fingerprint density at radius 1 is 1.15 bits per heavy atom. The minimum absolute atomic E-state index is 0.00669. The summed E-state index contributed by atoms with van der Waals surface area (Å²) < 4.78 is 5.32. The van der Waals surface area contributed by atoms with Crippen LogP contribution in [0.2, 0.25) is 0 Å². The van der Waals surface area contributed by atoms with Gasteiger partial charge in [-0.15, -0.1) is 0 Å². The Morgan fingerprint density at radius 3 is 2.37 bits per heavy atom. The Balaban J connectivity index is 1.75. The van der Waals surface area contributed by atoms with Crippen LogP contribution in [0.25, 0.3) is 0 Å². The largest absolute Gasteiger partial charge is 0.467 e. The fourth-order valence-electron chi connectivity index (χ4n) is 3.61. The molecule has 0 spiro atoms. The number of para-hydroxylation sites is 1. The molecule has 1 aliphatic rings. The molecule has 0 bridgehead atoms. The molecule has 144 valence electrons. The summed E-state index contributed by atoms with van der Waals surface area (Å²) in [6.45, 7) is 9.33. The first-order valence-electron chi connectivity index (χ1n) is 9.60. The van der Waals surface area contributed by atoms with Gasteiger partial charge in [-0.25, -0.2) is 0 Å². The van der Waals surface area contributed by atoms with Gasteiger partial charge in [-0.1, -0.05) is 45.9 Å². The van der Waals surface area contributed by atoms with Gasteiger partial charge in [-0.3, -0.25) is 9.59 Å². The molecule has 1 N–H and O–H groups in total. The van der Waals surface area contributed by atoms with Crippen molar-refractivity contribution in [1.82, 2.24) is 4.90 Å². The van der Waals surface area contributed by atoms with E-state index in [9.17, 15) is 9.59 Å². The van der Waals surface area contributed by atoms with Crippen LogP contribution in [0.5, 0.6) is 0 Å². The van der Waals surface area contributed by atoms with Crippen LogP contribution >= 0.6 is 0 Å². The van der Waals surface area contributed by atoms with Gasteiger partial charge in [0.15, 0.2) is 0 Å². The van der Waals surface area contributed by atoms with Gasteiger partial charge in [-0.2, -0.15) is 0 Å². The number of likely N-dealkylation sites (tertiary alicyclic amines) is 1. The first kappa shape index (κ1) is 19.2. The SMILES string of the molecule is CC(C)c1cccc(C(C)C)c1NC(=O)[C@@H]1CC(=O)N(Cc2ccco2)C1. The van der Waals surface area contributed by atoms with Crippen molar-refractivity contribution in [3.8, 4) is 0 Å². The van der Waals surface area contributed by atoms with E-state index >= 15 is 0 Å². The van der Waals surface area contributed by atoms with Crippen LogP contribution in [-0.2, 0) is 16.1 Å². The van der Waals surface area contributed by atoms with E-state index in [1.807, 2.05) is 12.1 Å². The van der Waals surface area contributed by atoms with E-state index in [0.29, 0.717) is 24.9 Å². The zero-order valence-electron chi connectivity index (χ0n) is 16.5. The molecule has 27 heavy (non-hydrogen) atoms. The Kier molecular flexibility index (Phi) is 5.68. The van der Waals surface area contributed by atoms with Crippen LogP contribution < -0.4 is 5.32 Å². The molecule has 5 nitrogen and oxygen atoms in total. The van der Waals surface area contributed by atoms with Gasteiger partial charge in [0, 0.05) is 18.7 Å². The van der Waals surface area contributed by atoms with Crippen molar-refractivity contribution in [2.45, 2.75) is 52.5 Å². The van der Waals surface area contributed by atoms with Gasteiger partial charge in [0.1, 0.15) is 5.76 Å². The van der Waals surface area contributed by atoms with Crippen molar-refractivity contribution in [2.75, 3.05) is 11.9 Å². The monoisotopic (exact) mass is 368 g/mol. The molecule has 0 saturated carbocycles. The number of nitrogens with one attached hydrogen (secondary N) is 1. The summed E-state index contributed by atoms with van der Waals surface area (Å²) >= 11 is 0. The molecule has 0 radical (unpaired) electrons. The van der Waals surface area contributed by atoms with Crippen molar-refractivity contribution in [3.05, 3.63) is 53.5 Å². The van der Waals surface area contributed by atoms with E-state index in [1.54, 1.807) is 17.2 Å². The number of nitrogens with zero attached hydrogens (tertiary/aromatic N) is 1. The van der Waals surface area contributed by atoms with E-state index in [2.05, 4.69) is 45.1 Å². The summed E-state index contributed by atoms with van der Waals surface area (Å²) in [7, 11) is 0. The third-order valence-corrected chi connectivity index (χ3v) is 5.13. The molecule has 2 heterocycles. The first-order chi connectivity index (χ1) is 12.9. The van der Waals surface area contributed by atoms with E-state index in [4.69, 9.17) is 4.42 Å². The second-order valence-corrected chi connectivity index (χ2v) is 7.86. The predicted molar refractivity (Wildman–Crippen MR) is 105 cm³/mol. The van der Waals surface area contributed by atoms with Crippen LogP contribution in [0.15, 0.2) is 41.0 Å².